The molecule has 2 rings (SSSR count). The van der Waals surface area contributed by atoms with E-state index < -0.39 is 0 Å². The van der Waals surface area contributed by atoms with E-state index in [1.165, 1.54) is 0 Å². The van der Waals surface area contributed by atoms with Crippen LogP contribution in [0.1, 0.15) is 30.2 Å². The van der Waals surface area contributed by atoms with Crippen LogP contribution in [0.15, 0.2) is 41.0 Å². The molecule has 5 heteroatoms. The first-order valence-electron chi connectivity index (χ1n) is 8.23. The smallest absolute Gasteiger partial charge is 0.124 e. The van der Waals surface area contributed by atoms with Gasteiger partial charge in [0.1, 0.15) is 11.5 Å². The Morgan fingerprint density at radius 1 is 1.21 bits per heavy atom. The molecule has 132 valence electrons. The van der Waals surface area contributed by atoms with Crippen molar-refractivity contribution in [1.29, 1.82) is 0 Å². The van der Waals surface area contributed by atoms with Gasteiger partial charge in [0, 0.05) is 25.3 Å². The van der Waals surface area contributed by atoms with Crippen LogP contribution in [0.3, 0.4) is 0 Å². The number of hydrogen-bond donors (Lipinski definition) is 1. The van der Waals surface area contributed by atoms with Crippen molar-refractivity contribution >= 4 is 0 Å². The van der Waals surface area contributed by atoms with E-state index in [1.54, 1.807) is 20.5 Å². The van der Waals surface area contributed by atoms with E-state index in [4.69, 9.17) is 13.9 Å². The van der Waals surface area contributed by atoms with Crippen LogP contribution in [0.25, 0.3) is 0 Å². The largest absolute Gasteiger partial charge is 0.496 e. The van der Waals surface area contributed by atoms with Gasteiger partial charge in [-0.25, -0.2) is 0 Å². The molecular formula is C19H27NO4. The second-order valence-electron chi connectivity index (χ2n) is 5.81. The van der Waals surface area contributed by atoms with Gasteiger partial charge in [-0.1, -0.05) is 13.0 Å². The van der Waals surface area contributed by atoms with Gasteiger partial charge in [-0.2, -0.15) is 0 Å². The molecule has 5 nitrogen and oxygen atoms in total. The van der Waals surface area contributed by atoms with Crippen molar-refractivity contribution in [3.05, 3.63) is 53.5 Å². The van der Waals surface area contributed by atoms with Crippen LogP contribution in [-0.4, -0.2) is 36.9 Å². The van der Waals surface area contributed by atoms with Crippen molar-refractivity contribution < 1.29 is 19.0 Å². The van der Waals surface area contributed by atoms with Crippen molar-refractivity contribution in [2.75, 3.05) is 20.8 Å². The molecule has 1 aromatic carbocycles. The van der Waals surface area contributed by atoms with Crippen molar-refractivity contribution in [3.8, 4) is 5.75 Å². The van der Waals surface area contributed by atoms with Gasteiger partial charge in [-0.15, -0.1) is 0 Å². The zero-order valence-electron chi connectivity index (χ0n) is 14.7. The molecule has 0 saturated carbocycles. The van der Waals surface area contributed by atoms with Gasteiger partial charge in [-0.3, -0.25) is 4.90 Å². The van der Waals surface area contributed by atoms with E-state index >= 15 is 0 Å². The minimum absolute atomic E-state index is 0.0862. The number of benzene rings is 1. The SMILES string of the molecule is CC[C@H](CO)N(Cc1ccc(OC)c(COC)c1)Cc1ccco1. The second-order valence-corrected chi connectivity index (χ2v) is 5.81. The molecule has 0 spiro atoms. The van der Waals surface area contributed by atoms with Crippen LogP contribution in [-0.2, 0) is 24.4 Å². The van der Waals surface area contributed by atoms with Crippen molar-refractivity contribution in [2.45, 2.75) is 39.1 Å². The van der Waals surface area contributed by atoms with Crippen LogP contribution in [0.2, 0.25) is 0 Å². The number of methoxy groups -OCH3 is 2. The number of aliphatic hydroxyl groups is 1. The number of furan rings is 1. The summed E-state index contributed by atoms with van der Waals surface area (Å²) in [6, 6.07) is 10.1. The third-order valence-electron chi connectivity index (χ3n) is 4.17. The average molecular weight is 333 g/mol. The zero-order valence-corrected chi connectivity index (χ0v) is 14.7. The Kier molecular flexibility index (Phi) is 7.31. The lowest BCUT2D eigenvalue weighted by atomic mass is 10.1. The Hall–Kier alpha value is -1.82. The third kappa shape index (κ3) is 4.84. The van der Waals surface area contributed by atoms with Gasteiger partial charge >= 0.3 is 0 Å². The van der Waals surface area contributed by atoms with Crippen LogP contribution in [0.5, 0.6) is 5.75 Å². The molecule has 1 aromatic heterocycles. The molecule has 24 heavy (non-hydrogen) atoms. The van der Waals surface area contributed by atoms with Gasteiger partial charge in [0.15, 0.2) is 0 Å². The van der Waals surface area contributed by atoms with Crippen molar-refractivity contribution in [3.63, 3.8) is 0 Å². The summed E-state index contributed by atoms with van der Waals surface area (Å²) in [5, 5.41) is 9.71. The van der Waals surface area contributed by atoms with Crippen LogP contribution in [0.4, 0.5) is 0 Å². The molecule has 1 atom stereocenters. The highest BCUT2D eigenvalue weighted by Gasteiger charge is 2.18. The Labute approximate surface area is 143 Å². The molecule has 0 aliphatic carbocycles. The van der Waals surface area contributed by atoms with Crippen LogP contribution >= 0.6 is 0 Å². The number of ether oxygens (including phenoxy) is 2. The Morgan fingerprint density at radius 2 is 2.04 bits per heavy atom. The first-order chi connectivity index (χ1) is 11.7. The van der Waals surface area contributed by atoms with Gasteiger partial charge in [0.05, 0.1) is 33.1 Å². The lowest BCUT2D eigenvalue weighted by Gasteiger charge is -2.29. The van der Waals surface area contributed by atoms with E-state index in [9.17, 15) is 5.11 Å². The summed E-state index contributed by atoms with van der Waals surface area (Å²) in [4.78, 5) is 2.23. The number of nitrogens with zero attached hydrogens (tertiary/aromatic N) is 1. The molecule has 1 heterocycles. The predicted octanol–water partition coefficient (Wildman–Crippen LogP) is 3.21. The highest BCUT2D eigenvalue weighted by molar-refractivity contribution is 5.37. The quantitative estimate of drug-likeness (QED) is 0.723. The lowest BCUT2D eigenvalue weighted by Crippen LogP contribution is -2.36. The summed E-state index contributed by atoms with van der Waals surface area (Å²) in [6.07, 6.45) is 2.55. The van der Waals surface area contributed by atoms with E-state index in [0.29, 0.717) is 13.2 Å². The minimum Gasteiger partial charge on any atom is -0.496 e. The summed E-state index contributed by atoms with van der Waals surface area (Å²) in [7, 11) is 3.34. The van der Waals surface area contributed by atoms with Crippen molar-refractivity contribution in [2.24, 2.45) is 0 Å². The fourth-order valence-corrected chi connectivity index (χ4v) is 2.85. The first kappa shape index (κ1) is 18.5. The van der Waals surface area contributed by atoms with E-state index in [-0.39, 0.29) is 12.6 Å². The maximum atomic E-state index is 9.71. The van der Waals surface area contributed by atoms with E-state index in [2.05, 4.69) is 24.0 Å². The molecule has 0 unspecified atom stereocenters. The summed E-state index contributed by atoms with van der Waals surface area (Å²) >= 11 is 0. The van der Waals surface area contributed by atoms with E-state index in [0.717, 1.165) is 35.6 Å². The lowest BCUT2D eigenvalue weighted by molar-refractivity contribution is 0.0997. The van der Waals surface area contributed by atoms with Gasteiger partial charge < -0.3 is 19.0 Å². The molecule has 0 aliphatic heterocycles. The normalized spacial score (nSPS) is 12.5. The highest BCUT2D eigenvalue weighted by Crippen LogP contribution is 2.23. The van der Waals surface area contributed by atoms with Crippen LogP contribution in [0, 0.1) is 0 Å². The van der Waals surface area contributed by atoms with Gasteiger partial charge in [-0.05, 0) is 36.2 Å². The molecule has 0 aliphatic rings. The monoisotopic (exact) mass is 333 g/mol. The Balaban J connectivity index is 2.19. The van der Waals surface area contributed by atoms with Gasteiger partial charge in [0.2, 0.25) is 0 Å². The third-order valence-corrected chi connectivity index (χ3v) is 4.17. The number of hydrogen-bond acceptors (Lipinski definition) is 5. The topological polar surface area (TPSA) is 55.1 Å². The fourth-order valence-electron chi connectivity index (χ4n) is 2.85. The molecule has 0 saturated heterocycles. The Morgan fingerprint density at radius 3 is 2.62 bits per heavy atom. The van der Waals surface area contributed by atoms with E-state index in [1.807, 2.05) is 18.2 Å². The fraction of sp³-hybridized carbons (Fsp3) is 0.474. The summed E-state index contributed by atoms with van der Waals surface area (Å²) in [5.41, 5.74) is 2.17. The summed E-state index contributed by atoms with van der Waals surface area (Å²) in [5.74, 6) is 1.72. The predicted molar refractivity (Wildman–Crippen MR) is 92.8 cm³/mol. The number of rotatable bonds is 10. The first-order valence-corrected chi connectivity index (χ1v) is 8.23. The Bertz CT molecular complexity index is 593. The zero-order chi connectivity index (χ0) is 17.4. The molecule has 0 radical (unpaired) electrons. The highest BCUT2D eigenvalue weighted by atomic mass is 16.5. The summed E-state index contributed by atoms with van der Waals surface area (Å²) < 4.78 is 16.1. The average Bonchev–Trinajstić information content (AvgIpc) is 3.09. The maximum Gasteiger partial charge on any atom is 0.124 e. The second kappa shape index (κ2) is 9.47. The standard InChI is InChI=1S/C19H27NO4/c1-4-17(13-21)20(12-18-6-5-9-24-18)11-15-7-8-19(23-3)16(10-15)14-22-2/h5-10,17,21H,4,11-14H2,1-3H3/t17-/m1/s1. The molecule has 2 aromatic rings. The molecule has 0 bridgehead atoms. The summed E-state index contributed by atoms with van der Waals surface area (Å²) in [6.45, 7) is 4.10. The minimum atomic E-state index is 0.0862. The number of aliphatic hydroxyl groups excluding tert-OH is 1. The molecule has 0 amide bonds. The van der Waals surface area contributed by atoms with Gasteiger partial charge in [0.25, 0.3) is 0 Å². The molecule has 1 N–H and O–H groups in total. The van der Waals surface area contributed by atoms with Crippen molar-refractivity contribution in [1.82, 2.24) is 4.90 Å². The molecular weight excluding hydrogens is 306 g/mol. The van der Waals surface area contributed by atoms with Crippen LogP contribution < -0.4 is 4.74 Å². The molecule has 0 fully saturated rings. The maximum absolute atomic E-state index is 9.71.